The van der Waals surface area contributed by atoms with Crippen LogP contribution in [0.1, 0.15) is 24.8 Å². The number of halogens is 3. The van der Waals surface area contributed by atoms with Crippen molar-refractivity contribution in [3.05, 3.63) is 54.1 Å². The highest BCUT2D eigenvalue weighted by Crippen LogP contribution is 2.30. The van der Waals surface area contributed by atoms with Crippen molar-refractivity contribution in [3.63, 3.8) is 0 Å². The second-order valence-corrected chi connectivity index (χ2v) is 7.21. The second kappa shape index (κ2) is 9.31. The van der Waals surface area contributed by atoms with E-state index >= 15 is 0 Å². The molecule has 1 heterocycles. The van der Waals surface area contributed by atoms with Gasteiger partial charge in [-0.3, -0.25) is 9.69 Å². The minimum absolute atomic E-state index is 0.524. The number of para-hydroxylation sites is 1. The lowest BCUT2D eigenvalue weighted by Gasteiger charge is -2.34. The molecule has 0 bridgehead atoms. The van der Waals surface area contributed by atoms with Crippen molar-refractivity contribution in [1.82, 2.24) is 10.2 Å². The van der Waals surface area contributed by atoms with Crippen molar-refractivity contribution >= 4 is 5.91 Å². The smallest absolute Gasteiger partial charge is 0.405 e. The molecule has 156 valence electrons. The minimum Gasteiger partial charge on any atom is -0.496 e. The lowest BCUT2D eigenvalue weighted by Crippen LogP contribution is -2.50. The van der Waals surface area contributed by atoms with Crippen LogP contribution in [0.4, 0.5) is 13.2 Å². The molecule has 0 saturated carbocycles. The van der Waals surface area contributed by atoms with Crippen LogP contribution in [0.15, 0.2) is 48.5 Å². The summed E-state index contributed by atoms with van der Waals surface area (Å²) < 4.78 is 42.7. The van der Waals surface area contributed by atoms with Gasteiger partial charge in [-0.1, -0.05) is 48.9 Å². The van der Waals surface area contributed by atoms with Crippen LogP contribution in [0.3, 0.4) is 0 Å². The first-order valence-electron chi connectivity index (χ1n) is 9.68. The third kappa shape index (κ3) is 5.73. The Morgan fingerprint density at radius 2 is 1.86 bits per heavy atom. The van der Waals surface area contributed by atoms with Gasteiger partial charge in [-0.2, -0.15) is 13.2 Å². The Labute approximate surface area is 168 Å². The van der Waals surface area contributed by atoms with Crippen LogP contribution in [0.5, 0.6) is 5.75 Å². The van der Waals surface area contributed by atoms with Crippen LogP contribution in [-0.2, 0) is 11.3 Å². The standard InChI is InChI=1S/C22H25F3N2O2/c1-29-20-8-3-2-6-18(20)17-11-9-16(10-12-17)14-27-13-5-4-7-19(27)21(28)26-15-22(23,24)25/h2-3,6,8-12,19H,4-5,7,13-15H2,1H3,(H,26,28). The number of ether oxygens (including phenoxy) is 1. The number of nitrogens with zero attached hydrogens (tertiary/aromatic N) is 1. The molecular formula is C22H25F3N2O2. The third-order valence-corrected chi connectivity index (χ3v) is 5.14. The molecular weight excluding hydrogens is 381 g/mol. The van der Waals surface area contributed by atoms with Crippen LogP contribution in [-0.4, -0.2) is 43.2 Å². The SMILES string of the molecule is COc1ccccc1-c1ccc(CN2CCCCC2C(=O)NCC(F)(F)F)cc1. The summed E-state index contributed by atoms with van der Waals surface area (Å²) in [7, 11) is 1.63. The van der Waals surface area contributed by atoms with Gasteiger partial charge in [0.1, 0.15) is 12.3 Å². The average molecular weight is 406 g/mol. The molecule has 1 saturated heterocycles. The maximum atomic E-state index is 12.4. The predicted molar refractivity (Wildman–Crippen MR) is 106 cm³/mol. The molecule has 3 rings (SSSR count). The van der Waals surface area contributed by atoms with Crippen molar-refractivity contribution in [2.45, 2.75) is 38.0 Å². The van der Waals surface area contributed by atoms with Crippen LogP contribution < -0.4 is 10.1 Å². The molecule has 0 aliphatic carbocycles. The number of hydrogen-bond donors (Lipinski definition) is 1. The van der Waals surface area contributed by atoms with Crippen molar-refractivity contribution in [3.8, 4) is 16.9 Å². The van der Waals surface area contributed by atoms with Gasteiger partial charge in [0.2, 0.25) is 5.91 Å². The molecule has 1 atom stereocenters. The number of carbonyl (C=O) groups is 1. The van der Waals surface area contributed by atoms with Gasteiger partial charge in [0.25, 0.3) is 0 Å². The van der Waals surface area contributed by atoms with E-state index < -0.39 is 24.7 Å². The zero-order valence-electron chi connectivity index (χ0n) is 16.3. The van der Waals surface area contributed by atoms with E-state index in [1.807, 2.05) is 58.7 Å². The summed E-state index contributed by atoms with van der Waals surface area (Å²) in [5.74, 6) is 0.241. The van der Waals surface area contributed by atoms with Crippen molar-refractivity contribution < 1.29 is 22.7 Å². The van der Waals surface area contributed by atoms with Gasteiger partial charge in [-0.15, -0.1) is 0 Å². The molecule has 1 aliphatic heterocycles. The Kier molecular flexibility index (Phi) is 6.79. The van der Waals surface area contributed by atoms with Gasteiger partial charge in [0.05, 0.1) is 13.2 Å². The van der Waals surface area contributed by atoms with E-state index in [9.17, 15) is 18.0 Å². The summed E-state index contributed by atoms with van der Waals surface area (Å²) in [5.41, 5.74) is 3.02. The first kappa shape index (κ1) is 21.2. The number of carbonyl (C=O) groups excluding carboxylic acids is 1. The molecule has 29 heavy (non-hydrogen) atoms. The number of piperidine rings is 1. The molecule has 2 aromatic rings. The van der Waals surface area contributed by atoms with Gasteiger partial charge in [-0.05, 0) is 36.6 Å². The zero-order valence-corrected chi connectivity index (χ0v) is 16.3. The number of rotatable bonds is 6. The van der Waals surface area contributed by atoms with E-state index in [2.05, 4.69) is 0 Å². The molecule has 1 N–H and O–H groups in total. The first-order valence-corrected chi connectivity index (χ1v) is 9.68. The molecule has 0 aromatic heterocycles. The third-order valence-electron chi connectivity index (χ3n) is 5.14. The van der Waals surface area contributed by atoms with E-state index in [4.69, 9.17) is 4.74 Å². The first-order chi connectivity index (χ1) is 13.9. The maximum Gasteiger partial charge on any atom is 0.405 e. The van der Waals surface area contributed by atoms with Crippen LogP contribution in [0, 0.1) is 0 Å². The Bertz CT molecular complexity index is 822. The van der Waals surface area contributed by atoms with Gasteiger partial charge in [0.15, 0.2) is 0 Å². The molecule has 1 fully saturated rings. The molecule has 7 heteroatoms. The zero-order chi connectivity index (χ0) is 20.9. The average Bonchev–Trinajstić information content (AvgIpc) is 2.72. The number of alkyl halides is 3. The Morgan fingerprint density at radius 3 is 2.55 bits per heavy atom. The Hall–Kier alpha value is -2.54. The maximum absolute atomic E-state index is 12.4. The highest BCUT2D eigenvalue weighted by atomic mass is 19.4. The van der Waals surface area contributed by atoms with E-state index in [0.717, 1.165) is 35.3 Å². The van der Waals surface area contributed by atoms with Crippen LogP contribution in [0.2, 0.25) is 0 Å². The molecule has 4 nitrogen and oxygen atoms in total. The second-order valence-electron chi connectivity index (χ2n) is 7.21. The number of nitrogens with one attached hydrogen (secondary N) is 1. The van der Waals surface area contributed by atoms with Crippen LogP contribution in [0.25, 0.3) is 11.1 Å². The summed E-state index contributed by atoms with van der Waals surface area (Å²) in [6, 6.07) is 15.2. The molecule has 1 unspecified atom stereocenters. The van der Waals surface area contributed by atoms with E-state index in [0.29, 0.717) is 19.5 Å². The molecule has 2 aromatic carbocycles. The van der Waals surface area contributed by atoms with Gasteiger partial charge >= 0.3 is 6.18 Å². The normalized spacial score (nSPS) is 17.7. The Balaban J connectivity index is 1.68. The monoisotopic (exact) mass is 406 g/mol. The highest BCUT2D eigenvalue weighted by Gasteiger charge is 2.32. The van der Waals surface area contributed by atoms with Gasteiger partial charge in [0, 0.05) is 12.1 Å². The minimum atomic E-state index is -4.40. The van der Waals surface area contributed by atoms with Crippen molar-refractivity contribution in [2.75, 3.05) is 20.2 Å². The van der Waals surface area contributed by atoms with Gasteiger partial charge in [-0.25, -0.2) is 0 Å². The number of hydrogen-bond acceptors (Lipinski definition) is 3. The van der Waals surface area contributed by atoms with Crippen molar-refractivity contribution in [2.24, 2.45) is 0 Å². The summed E-state index contributed by atoms with van der Waals surface area (Å²) in [4.78, 5) is 14.3. The fourth-order valence-corrected chi connectivity index (χ4v) is 3.69. The lowest BCUT2D eigenvalue weighted by molar-refractivity contribution is -0.142. The number of likely N-dealkylation sites (tertiary alicyclic amines) is 1. The molecule has 1 amide bonds. The summed E-state index contributed by atoms with van der Waals surface area (Å²) >= 11 is 0. The van der Waals surface area contributed by atoms with Crippen molar-refractivity contribution in [1.29, 1.82) is 0 Å². The van der Waals surface area contributed by atoms with E-state index in [1.165, 1.54) is 0 Å². The topological polar surface area (TPSA) is 41.6 Å². The van der Waals surface area contributed by atoms with E-state index in [-0.39, 0.29) is 0 Å². The quantitative estimate of drug-likeness (QED) is 0.773. The number of amides is 1. The summed E-state index contributed by atoms with van der Waals surface area (Å²) in [6.07, 6.45) is -2.05. The molecule has 1 aliphatic rings. The van der Waals surface area contributed by atoms with E-state index in [1.54, 1.807) is 7.11 Å². The predicted octanol–water partition coefficient (Wildman–Crippen LogP) is 4.40. The fraction of sp³-hybridized carbons (Fsp3) is 0.409. The Morgan fingerprint density at radius 1 is 1.14 bits per heavy atom. The highest BCUT2D eigenvalue weighted by molar-refractivity contribution is 5.81. The molecule has 0 spiro atoms. The molecule has 0 radical (unpaired) electrons. The lowest BCUT2D eigenvalue weighted by atomic mass is 9.99. The summed E-state index contributed by atoms with van der Waals surface area (Å²) in [5, 5.41) is 2.03. The fourth-order valence-electron chi connectivity index (χ4n) is 3.69. The van der Waals surface area contributed by atoms with Gasteiger partial charge < -0.3 is 10.1 Å². The van der Waals surface area contributed by atoms with Crippen LogP contribution >= 0.6 is 0 Å². The largest absolute Gasteiger partial charge is 0.496 e. The summed E-state index contributed by atoms with van der Waals surface area (Å²) in [6.45, 7) is -0.0710. The number of methoxy groups -OCH3 is 1. The number of benzene rings is 2.